The number of aromatic nitrogens is 4. The molecule has 120 valence electrons. The van der Waals surface area contributed by atoms with Gasteiger partial charge in [0.25, 0.3) is 5.56 Å². The summed E-state index contributed by atoms with van der Waals surface area (Å²) in [5.41, 5.74) is -0.0893. The molecule has 0 aliphatic heterocycles. The average molecular weight is 343 g/mol. The largest absolute Gasteiger partial charge is 0.329 e. The second-order valence-electron chi connectivity index (χ2n) is 4.99. The number of nitrogens with zero attached hydrogens (tertiary/aromatic N) is 3. The first kappa shape index (κ1) is 16.9. The van der Waals surface area contributed by atoms with Crippen LogP contribution in [0.4, 0.5) is 0 Å². The number of nitrogens with one attached hydrogen (secondary N) is 1. The van der Waals surface area contributed by atoms with E-state index in [9.17, 15) is 9.59 Å². The Balaban J connectivity index is 2.61. The van der Waals surface area contributed by atoms with Crippen LogP contribution in [0.3, 0.4) is 0 Å². The molecular formula is C14H19ClN4O2S. The van der Waals surface area contributed by atoms with Crippen LogP contribution in [-0.4, -0.2) is 24.9 Å². The first-order valence-corrected chi connectivity index (χ1v) is 8.46. The first-order chi connectivity index (χ1) is 10.5. The smallest absolute Gasteiger partial charge is 0.309 e. The summed E-state index contributed by atoms with van der Waals surface area (Å²) in [6.45, 7) is 4.35. The van der Waals surface area contributed by atoms with Crippen molar-refractivity contribution in [3.63, 3.8) is 0 Å². The third-order valence-electron chi connectivity index (χ3n) is 3.26. The van der Waals surface area contributed by atoms with Crippen LogP contribution in [0.2, 0.25) is 0 Å². The molecule has 0 amide bonds. The van der Waals surface area contributed by atoms with Gasteiger partial charge in [0.1, 0.15) is 0 Å². The van der Waals surface area contributed by atoms with Crippen LogP contribution in [0.15, 0.2) is 25.9 Å². The second kappa shape index (κ2) is 7.19. The molecule has 0 saturated heterocycles. The Kier molecular flexibility index (Phi) is 5.52. The van der Waals surface area contributed by atoms with Gasteiger partial charge in [-0.3, -0.25) is 14.3 Å². The van der Waals surface area contributed by atoms with Crippen LogP contribution >= 0.6 is 23.4 Å². The van der Waals surface area contributed by atoms with Gasteiger partial charge in [0.15, 0.2) is 16.3 Å². The number of imidazole rings is 1. The minimum absolute atomic E-state index is 0.397. The lowest BCUT2D eigenvalue weighted by atomic mass is 10.4. The monoisotopic (exact) mass is 342 g/mol. The lowest BCUT2D eigenvalue weighted by Gasteiger charge is -2.05. The van der Waals surface area contributed by atoms with Gasteiger partial charge in [-0.2, -0.15) is 0 Å². The fraction of sp³-hybridized carbons (Fsp3) is 0.500. The number of rotatable bonds is 6. The van der Waals surface area contributed by atoms with Gasteiger partial charge in [-0.25, -0.2) is 9.78 Å². The third kappa shape index (κ3) is 3.47. The summed E-state index contributed by atoms with van der Waals surface area (Å²) in [7, 11) is 1.60. The number of unbranched alkanes of at least 4 members (excludes halogenated alkanes) is 1. The van der Waals surface area contributed by atoms with Crippen molar-refractivity contribution >= 4 is 34.5 Å². The molecule has 2 aromatic heterocycles. The Morgan fingerprint density at radius 1 is 1.45 bits per heavy atom. The van der Waals surface area contributed by atoms with Crippen molar-refractivity contribution in [1.29, 1.82) is 0 Å². The number of allylic oxidation sites excluding steroid dienone is 2. The number of halogens is 1. The summed E-state index contributed by atoms with van der Waals surface area (Å²) >= 11 is 7.48. The van der Waals surface area contributed by atoms with Crippen molar-refractivity contribution in [2.45, 2.75) is 38.4 Å². The fourth-order valence-corrected chi connectivity index (χ4v) is 3.18. The number of aryl methyl sites for hydroxylation is 1. The van der Waals surface area contributed by atoms with Crippen LogP contribution in [0.25, 0.3) is 11.2 Å². The van der Waals surface area contributed by atoms with Crippen LogP contribution < -0.4 is 11.2 Å². The highest BCUT2D eigenvalue weighted by Gasteiger charge is 2.16. The molecular weight excluding hydrogens is 324 g/mol. The standard InChI is InChI=1S/C14H19ClN4O2S/c1-4-5-8-22-14-16-11-10(19(14)7-6-9(2)15)12(20)17-13(21)18(11)3/h6H,4-5,7-8H2,1-3H3,(H,17,20,21). The lowest BCUT2D eigenvalue weighted by molar-refractivity contribution is 0.741. The topological polar surface area (TPSA) is 72.7 Å². The summed E-state index contributed by atoms with van der Waals surface area (Å²) in [6, 6.07) is 0. The van der Waals surface area contributed by atoms with Gasteiger partial charge in [0.05, 0.1) is 0 Å². The Labute approximate surface area is 137 Å². The van der Waals surface area contributed by atoms with Crippen LogP contribution in [-0.2, 0) is 13.6 Å². The maximum absolute atomic E-state index is 12.2. The Hall–Kier alpha value is -1.47. The second-order valence-corrected chi connectivity index (χ2v) is 6.65. The van der Waals surface area contributed by atoms with Crippen molar-refractivity contribution in [1.82, 2.24) is 19.1 Å². The first-order valence-electron chi connectivity index (χ1n) is 7.10. The van der Waals surface area contributed by atoms with E-state index in [0.29, 0.717) is 22.7 Å². The van der Waals surface area contributed by atoms with Crippen LogP contribution in [0.1, 0.15) is 26.7 Å². The minimum Gasteiger partial charge on any atom is -0.309 e. The van der Waals surface area contributed by atoms with Gasteiger partial charge < -0.3 is 4.57 Å². The molecule has 0 spiro atoms. The van der Waals surface area contributed by atoms with E-state index in [1.807, 2.05) is 6.08 Å². The van der Waals surface area contributed by atoms with E-state index >= 15 is 0 Å². The number of fused-ring (bicyclic) bond motifs is 1. The quantitative estimate of drug-likeness (QED) is 0.646. The molecule has 0 aliphatic rings. The van der Waals surface area contributed by atoms with Crippen molar-refractivity contribution < 1.29 is 0 Å². The van der Waals surface area contributed by atoms with Gasteiger partial charge in [0, 0.05) is 24.4 Å². The van der Waals surface area contributed by atoms with Crippen LogP contribution in [0, 0.1) is 0 Å². The zero-order valence-electron chi connectivity index (χ0n) is 12.9. The minimum atomic E-state index is -0.462. The molecule has 0 aliphatic carbocycles. The van der Waals surface area contributed by atoms with E-state index in [0.717, 1.165) is 23.8 Å². The molecule has 0 unspecified atom stereocenters. The highest BCUT2D eigenvalue weighted by atomic mass is 35.5. The predicted molar refractivity (Wildman–Crippen MR) is 90.8 cm³/mol. The summed E-state index contributed by atoms with van der Waals surface area (Å²) < 4.78 is 3.16. The summed E-state index contributed by atoms with van der Waals surface area (Å²) in [5.74, 6) is 0.912. The van der Waals surface area contributed by atoms with Gasteiger partial charge in [-0.1, -0.05) is 42.8 Å². The lowest BCUT2D eigenvalue weighted by Crippen LogP contribution is -2.29. The molecule has 0 aromatic carbocycles. The Morgan fingerprint density at radius 2 is 2.18 bits per heavy atom. The average Bonchev–Trinajstić information content (AvgIpc) is 2.82. The molecule has 22 heavy (non-hydrogen) atoms. The number of hydrogen-bond donors (Lipinski definition) is 1. The molecule has 0 saturated carbocycles. The molecule has 0 radical (unpaired) electrons. The Morgan fingerprint density at radius 3 is 2.82 bits per heavy atom. The van der Waals surface area contributed by atoms with Gasteiger partial charge >= 0.3 is 5.69 Å². The van der Waals surface area contributed by atoms with Crippen LogP contribution in [0.5, 0.6) is 0 Å². The SMILES string of the molecule is CCCCSc1nc2c(c(=O)[nH]c(=O)n2C)n1CC=C(C)Cl. The molecule has 0 bridgehead atoms. The number of thioether (sulfide) groups is 1. The zero-order chi connectivity index (χ0) is 16.3. The molecule has 6 nitrogen and oxygen atoms in total. The van der Waals surface area contributed by atoms with Gasteiger partial charge in [-0.15, -0.1) is 0 Å². The highest BCUT2D eigenvalue weighted by molar-refractivity contribution is 7.99. The van der Waals surface area contributed by atoms with Gasteiger partial charge in [0.2, 0.25) is 0 Å². The maximum Gasteiger partial charge on any atom is 0.329 e. The highest BCUT2D eigenvalue weighted by Crippen LogP contribution is 2.22. The van der Waals surface area contributed by atoms with E-state index in [1.165, 1.54) is 4.57 Å². The van der Waals surface area contributed by atoms with E-state index in [4.69, 9.17) is 11.6 Å². The van der Waals surface area contributed by atoms with E-state index in [2.05, 4.69) is 16.9 Å². The summed E-state index contributed by atoms with van der Waals surface area (Å²) in [5, 5.41) is 1.37. The predicted octanol–water partition coefficient (Wildman–Crippen LogP) is 2.46. The van der Waals surface area contributed by atoms with Crippen molar-refractivity contribution in [3.8, 4) is 0 Å². The third-order valence-corrected chi connectivity index (χ3v) is 4.47. The molecule has 8 heteroatoms. The summed E-state index contributed by atoms with van der Waals surface area (Å²) in [6.07, 6.45) is 3.97. The number of hydrogen-bond acceptors (Lipinski definition) is 4. The molecule has 0 fully saturated rings. The molecule has 1 N–H and O–H groups in total. The van der Waals surface area contributed by atoms with Gasteiger partial charge in [-0.05, 0) is 13.3 Å². The van der Waals surface area contributed by atoms with Crippen molar-refractivity contribution in [2.75, 3.05) is 5.75 Å². The fourth-order valence-electron chi connectivity index (χ4n) is 2.02. The molecule has 2 rings (SSSR count). The normalized spacial score (nSPS) is 12.3. The summed E-state index contributed by atoms with van der Waals surface area (Å²) in [4.78, 5) is 30.7. The molecule has 0 atom stereocenters. The molecule has 2 aromatic rings. The molecule has 2 heterocycles. The maximum atomic E-state index is 12.2. The number of aromatic amines is 1. The van der Waals surface area contributed by atoms with Crippen molar-refractivity contribution in [3.05, 3.63) is 31.9 Å². The van der Waals surface area contributed by atoms with E-state index < -0.39 is 11.2 Å². The van der Waals surface area contributed by atoms with E-state index in [-0.39, 0.29) is 0 Å². The van der Waals surface area contributed by atoms with Crippen molar-refractivity contribution in [2.24, 2.45) is 7.05 Å². The number of H-pyrrole nitrogens is 1. The Bertz CT molecular complexity index is 815. The zero-order valence-corrected chi connectivity index (χ0v) is 14.4. The van der Waals surface area contributed by atoms with E-state index in [1.54, 1.807) is 30.3 Å².